The molecule has 0 spiro atoms. The van der Waals surface area contributed by atoms with Gasteiger partial charge in [0.05, 0.1) is 12.1 Å². The topological polar surface area (TPSA) is 87.5 Å². The van der Waals surface area contributed by atoms with Crippen molar-refractivity contribution in [2.45, 2.75) is 31.5 Å². The summed E-state index contributed by atoms with van der Waals surface area (Å²) in [4.78, 5) is 45.7. The van der Waals surface area contributed by atoms with Crippen molar-refractivity contribution < 1.29 is 27.9 Å². The molecule has 0 saturated carbocycles. The van der Waals surface area contributed by atoms with Gasteiger partial charge in [-0.2, -0.15) is 0 Å². The number of pyridine rings is 1. The fourth-order valence-corrected chi connectivity index (χ4v) is 4.50. The first-order chi connectivity index (χ1) is 18.0. The number of alkyl halides is 2. The zero-order chi connectivity index (χ0) is 26.4. The number of fused-ring (bicyclic) bond motifs is 1. The van der Waals surface area contributed by atoms with Crippen molar-refractivity contribution in [2.75, 3.05) is 38.4 Å². The first kappa shape index (κ1) is 26.1. The molecule has 1 aliphatic heterocycles. The van der Waals surface area contributed by atoms with Gasteiger partial charge in [0.2, 0.25) is 12.8 Å². The van der Waals surface area contributed by atoms with E-state index >= 15 is 0 Å². The third kappa shape index (κ3) is 5.87. The van der Waals surface area contributed by atoms with Crippen molar-refractivity contribution in [1.82, 2.24) is 19.2 Å². The maximum absolute atomic E-state index is 13.7. The normalized spacial score (nSPS) is 14.1. The van der Waals surface area contributed by atoms with Crippen LogP contribution >= 0.6 is 0 Å². The number of imide groups is 1. The number of rotatable bonds is 11. The Bertz CT molecular complexity index is 1240. The van der Waals surface area contributed by atoms with Crippen LogP contribution in [0.1, 0.15) is 28.8 Å². The van der Waals surface area contributed by atoms with Crippen LogP contribution in [0.15, 0.2) is 48.9 Å². The number of benzene rings is 1. The lowest BCUT2D eigenvalue weighted by Crippen LogP contribution is -2.43. The van der Waals surface area contributed by atoms with E-state index in [-0.39, 0.29) is 23.9 Å². The summed E-state index contributed by atoms with van der Waals surface area (Å²) in [6, 6.07) is 8.25. The van der Waals surface area contributed by atoms with Gasteiger partial charge in [-0.3, -0.25) is 19.3 Å². The van der Waals surface area contributed by atoms with E-state index in [1.165, 1.54) is 6.07 Å². The number of likely N-dealkylation sites (tertiary alicyclic amines) is 1. The number of halogens is 2. The second-order valence-corrected chi connectivity index (χ2v) is 8.98. The highest BCUT2D eigenvalue weighted by atomic mass is 19.1. The molecular weight excluding hydrogens is 484 g/mol. The highest BCUT2D eigenvalue weighted by Crippen LogP contribution is 2.30. The number of imidazole rings is 1. The van der Waals surface area contributed by atoms with Gasteiger partial charge in [-0.25, -0.2) is 13.8 Å². The van der Waals surface area contributed by atoms with E-state index in [2.05, 4.69) is 4.98 Å². The molecule has 1 fully saturated rings. The van der Waals surface area contributed by atoms with E-state index in [9.17, 15) is 23.2 Å². The summed E-state index contributed by atoms with van der Waals surface area (Å²) < 4.78 is 33.4. The molecule has 1 aromatic carbocycles. The average molecular weight is 514 g/mol. The molecule has 11 heteroatoms. The standard InChI is InChI=1S/C26H29F2N5O4/c1-30(20-5-8-31(17-34)9-6-20)24-3-2-21(37-22(14-27)15-28)13-23(24)26(36)33(18-35)16-19-4-10-32-11-7-29-25(32)12-19/h2-4,7,10-13,17-18,20,22H,5-6,8-9,14-16H2,1H3. The minimum atomic E-state index is -1.29. The fourth-order valence-electron chi connectivity index (χ4n) is 4.50. The van der Waals surface area contributed by atoms with Crippen LogP contribution in [0.4, 0.5) is 14.5 Å². The lowest BCUT2D eigenvalue weighted by molar-refractivity contribution is -0.119. The maximum atomic E-state index is 13.7. The molecule has 0 radical (unpaired) electrons. The Morgan fingerprint density at radius 2 is 1.92 bits per heavy atom. The SMILES string of the molecule is CN(c1ccc(OC(CF)CF)cc1C(=O)N(C=O)Cc1ccn2ccnc2c1)C1CCN(C=O)CC1. The zero-order valence-electron chi connectivity index (χ0n) is 20.5. The molecular formula is C26H29F2N5O4. The van der Waals surface area contributed by atoms with Crippen molar-refractivity contribution in [2.24, 2.45) is 0 Å². The van der Waals surface area contributed by atoms with E-state index in [0.717, 1.165) is 11.3 Å². The van der Waals surface area contributed by atoms with E-state index in [4.69, 9.17) is 4.74 Å². The molecule has 0 unspecified atom stereocenters. The third-order valence-corrected chi connectivity index (χ3v) is 6.62. The molecule has 2 aromatic heterocycles. The summed E-state index contributed by atoms with van der Waals surface area (Å²) in [5.41, 5.74) is 2.10. The number of ether oxygens (including phenoxy) is 1. The predicted molar refractivity (Wildman–Crippen MR) is 133 cm³/mol. The molecule has 1 saturated heterocycles. The molecule has 196 valence electrons. The quantitative estimate of drug-likeness (QED) is 0.367. The van der Waals surface area contributed by atoms with Crippen molar-refractivity contribution in [3.8, 4) is 5.75 Å². The summed E-state index contributed by atoms with van der Waals surface area (Å²) in [5.74, 6) is -0.450. The van der Waals surface area contributed by atoms with E-state index in [1.807, 2.05) is 16.3 Å². The summed E-state index contributed by atoms with van der Waals surface area (Å²) in [5, 5.41) is 0. The van der Waals surface area contributed by atoms with Gasteiger partial charge in [-0.1, -0.05) is 0 Å². The first-order valence-electron chi connectivity index (χ1n) is 12.0. The van der Waals surface area contributed by atoms with E-state index < -0.39 is 25.4 Å². The Hall–Kier alpha value is -4.02. The van der Waals surface area contributed by atoms with Crippen LogP contribution in [0, 0.1) is 0 Å². The molecule has 4 rings (SSSR count). The van der Waals surface area contributed by atoms with Gasteiger partial charge in [0.25, 0.3) is 5.91 Å². The van der Waals surface area contributed by atoms with E-state index in [1.54, 1.807) is 47.8 Å². The largest absolute Gasteiger partial charge is 0.485 e. The Kier molecular flexibility index (Phi) is 8.32. The van der Waals surface area contributed by atoms with Crippen LogP contribution in [0.25, 0.3) is 5.65 Å². The second-order valence-electron chi connectivity index (χ2n) is 8.98. The Morgan fingerprint density at radius 1 is 1.16 bits per heavy atom. The molecule has 0 aliphatic carbocycles. The van der Waals surface area contributed by atoms with Gasteiger partial charge in [0.1, 0.15) is 24.7 Å². The molecule has 3 aromatic rings. The van der Waals surface area contributed by atoms with Crippen LogP contribution < -0.4 is 9.64 Å². The Labute approximate surface area is 213 Å². The monoisotopic (exact) mass is 513 g/mol. The van der Waals surface area contributed by atoms with Gasteiger partial charge in [0, 0.05) is 50.5 Å². The van der Waals surface area contributed by atoms with Crippen LogP contribution in [0.5, 0.6) is 5.75 Å². The van der Waals surface area contributed by atoms with Crippen LogP contribution in [-0.2, 0) is 16.1 Å². The van der Waals surface area contributed by atoms with Crippen molar-refractivity contribution >= 4 is 30.1 Å². The number of hydrogen-bond donors (Lipinski definition) is 0. The third-order valence-electron chi connectivity index (χ3n) is 6.62. The molecule has 0 atom stereocenters. The maximum Gasteiger partial charge on any atom is 0.262 e. The number of piperidine rings is 1. The number of carbonyl (C=O) groups is 3. The van der Waals surface area contributed by atoms with Gasteiger partial charge in [-0.15, -0.1) is 0 Å². The summed E-state index contributed by atoms with van der Waals surface area (Å²) >= 11 is 0. The molecule has 9 nitrogen and oxygen atoms in total. The molecule has 1 aliphatic rings. The minimum absolute atomic E-state index is 0.00917. The number of aromatic nitrogens is 2. The first-order valence-corrected chi connectivity index (χ1v) is 12.0. The van der Waals surface area contributed by atoms with Crippen molar-refractivity contribution in [1.29, 1.82) is 0 Å². The van der Waals surface area contributed by atoms with Crippen LogP contribution in [0.2, 0.25) is 0 Å². The van der Waals surface area contributed by atoms with Gasteiger partial charge in [0.15, 0.2) is 6.10 Å². The summed E-state index contributed by atoms with van der Waals surface area (Å²) in [7, 11) is 1.84. The van der Waals surface area contributed by atoms with Gasteiger partial charge >= 0.3 is 0 Å². The lowest BCUT2D eigenvalue weighted by Gasteiger charge is -2.37. The van der Waals surface area contributed by atoms with E-state index in [0.29, 0.717) is 49.2 Å². The summed E-state index contributed by atoms with van der Waals surface area (Å²) in [6.45, 7) is -0.848. The van der Waals surface area contributed by atoms with Crippen molar-refractivity contribution in [3.63, 3.8) is 0 Å². The molecule has 0 N–H and O–H groups in total. The molecule has 37 heavy (non-hydrogen) atoms. The number of anilines is 1. The van der Waals surface area contributed by atoms with Crippen LogP contribution in [0.3, 0.4) is 0 Å². The predicted octanol–water partition coefficient (Wildman–Crippen LogP) is 2.88. The highest BCUT2D eigenvalue weighted by molar-refractivity contribution is 6.04. The van der Waals surface area contributed by atoms with Crippen molar-refractivity contribution in [3.05, 3.63) is 60.0 Å². The molecule has 3 heterocycles. The minimum Gasteiger partial charge on any atom is -0.485 e. The highest BCUT2D eigenvalue weighted by Gasteiger charge is 2.27. The smallest absolute Gasteiger partial charge is 0.262 e. The molecule has 0 bridgehead atoms. The molecule has 3 amide bonds. The average Bonchev–Trinajstić information content (AvgIpc) is 3.42. The fraction of sp³-hybridized carbons (Fsp3) is 0.385. The second kappa shape index (κ2) is 11.8. The van der Waals surface area contributed by atoms with Gasteiger partial charge < -0.3 is 18.9 Å². The lowest BCUT2D eigenvalue weighted by atomic mass is 10.0. The number of carbonyl (C=O) groups excluding carboxylic acids is 3. The number of hydrogen-bond acceptors (Lipinski definition) is 6. The zero-order valence-corrected chi connectivity index (χ0v) is 20.5. The number of nitrogens with zero attached hydrogens (tertiary/aromatic N) is 5. The summed E-state index contributed by atoms with van der Waals surface area (Å²) in [6.07, 6.45) is 6.63. The van der Waals surface area contributed by atoms with Crippen LogP contribution in [-0.4, -0.2) is 83.5 Å². The van der Waals surface area contributed by atoms with Gasteiger partial charge in [-0.05, 0) is 48.7 Å². The number of amides is 3. The Morgan fingerprint density at radius 3 is 2.59 bits per heavy atom. The Balaban J connectivity index is 1.64.